The van der Waals surface area contributed by atoms with Crippen LogP contribution in [-0.4, -0.2) is 27.7 Å². The zero-order chi connectivity index (χ0) is 18.4. The Kier molecular flexibility index (Phi) is 7.77. The normalized spacial score (nSPS) is 15.9. The summed E-state index contributed by atoms with van der Waals surface area (Å²) in [6.07, 6.45) is -0.469. The van der Waals surface area contributed by atoms with Crippen molar-refractivity contribution in [3.8, 4) is 11.5 Å². The Labute approximate surface area is 171 Å². The van der Waals surface area contributed by atoms with Crippen LogP contribution in [0.25, 0.3) is 0 Å². The van der Waals surface area contributed by atoms with Gasteiger partial charge in [-0.2, -0.15) is 8.42 Å². The number of benzene rings is 2. The number of para-hydroxylation sites is 1. The molecule has 0 bridgehead atoms. The van der Waals surface area contributed by atoms with Gasteiger partial charge in [0.15, 0.2) is 17.6 Å². The lowest BCUT2D eigenvalue weighted by Crippen LogP contribution is -2.34. The van der Waals surface area contributed by atoms with Crippen molar-refractivity contribution < 1.29 is 22.1 Å². The Morgan fingerprint density at radius 3 is 2.48 bits per heavy atom. The maximum atomic E-state index is 12.2. The van der Waals surface area contributed by atoms with E-state index in [4.69, 9.17) is 13.7 Å². The van der Waals surface area contributed by atoms with Crippen molar-refractivity contribution in [1.29, 1.82) is 0 Å². The summed E-state index contributed by atoms with van der Waals surface area (Å²) in [6.45, 7) is 3.96. The second-order valence-electron chi connectivity index (χ2n) is 5.50. The first-order chi connectivity index (χ1) is 12.0. The molecule has 0 aromatic heterocycles. The van der Waals surface area contributed by atoms with Crippen molar-refractivity contribution in [2.75, 3.05) is 13.2 Å². The molecule has 0 radical (unpaired) electrons. The number of halogens is 2. The number of hydrogen-bond acceptors (Lipinski definition) is 5. The lowest BCUT2D eigenvalue weighted by molar-refractivity contribution is 0.0548. The van der Waals surface area contributed by atoms with Crippen LogP contribution in [0.3, 0.4) is 0 Å². The van der Waals surface area contributed by atoms with Gasteiger partial charge in [-0.05, 0) is 37.6 Å². The molecule has 1 aliphatic rings. The van der Waals surface area contributed by atoms with E-state index in [1.54, 1.807) is 12.1 Å². The van der Waals surface area contributed by atoms with Gasteiger partial charge < -0.3 is 9.47 Å². The van der Waals surface area contributed by atoms with Gasteiger partial charge in [0.1, 0.15) is 13.2 Å². The van der Waals surface area contributed by atoms with E-state index in [1.807, 2.05) is 32.0 Å². The average molecular weight is 588 g/mol. The molecule has 8 heteroatoms. The first kappa shape index (κ1) is 20.7. The lowest BCUT2D eigenvalue weighted by Gasteiger charge is -2.27. The molecule has 0 aliphatic carbocycles. The van der Waals surface area contributed by atoms with E-state index < -0.39 is 16.2 Å². The summed E-state index contributed by atoms with van der Waals surface area (Å²) in [7, 11) is -3.80. The average Bonchev–Trinajstić information content (AvgIpc) is 2.63. The Balaban J connectivity index is 0.00000109. The van der Waals surface area contributed by atoms with E-state index in [0.29, 0.717) is 11.5 Å². The summed E-state index contributed by atoms with van der Waals surface area (Å²) in [5.41, 5.74) is 1.92. The standard InChI is InChI=1S/C17H18O5S.I2/c1-12-6-8-15(9-7-12)23(18,19)21-11-14-10-20-16-5-3-4-13(2)17(16)22-14;1-2/h3-9,14H,10-11H2,1-2H3;. The molecule has 1 aliphatic heterocycles. The molecule has 5 nitrogen and oxygen atoms in total. The third-order valence-electron chi connectivity index (χ3n) is 3.60. The molecule has 3 rings (SSSR count). The van der Waals surface area contributed by atoms with Crippen LogP contribution in [0.4, 0.5) is 0 Å². The van der Waals surface area contributed by atoms with Crippen LogP contribution < -0.4 is 9.47 Å². The minimum atomic E-state index is -3.80. The maximum Gasteiger partial charge on any atom is 0.297 e. The zero-order valence-electron chi connectivity index (χ0n) is 13.7. The number of hydrogen-bond donors (Lipinski definition) is 0. The summed E-state index contributed by atoms with van der Waals surface area (Å²) in [5, 5.41) is 0. The van der Waals surface area contributed by atoms with E-state index in [0.717, 1.165) is 11.1 Å². The molecule has 1 heterocycles. The molecule has 0 fully saturated rings. The fourth-order valence-corrected chi connectivity index (χ4v) is 3.23. The van der Waals surface area contributed by atoms with Crippen LogP contribution >= 0.6 is 37.2 Å². The fraction of sp³-hybridized carbons (Fsp3) is 0.294. The molecule has 0 amide bonds. The van der Waals surface area contributed by atoms with Gasteiger partial charge in [-0.15, -0.1) is 0 Å². The van der Waals surface area contributed by atoms with Crippen LogP contribution in [0.15, 0.2) is 47.4 Å². The van der Waals surface area contributed by atoms with Crippen molar-refractivity contribution in [2.45, 2.75) is 24.8 Å². The second-order valence-corrected chi connectivity index (χ2v) is 7.12. The monoisotopic (exact) mass is 588 g/mol. The molecule has 1 unspecified atom stereocenters. The number of rotatable bonds is 4. The second kappa shape index (κ2) is 9.38. The molecule has 25 heavy (non-hydrogen) atoms. The largest absolute Gasteiger partial charge is 0.486 e. The van der Waals surface area contributed by atoms with E-state index >= 15 is 0 Å². The summed E-state index contributed by atoms with van der Waals surface area (Å²) < 4.78 is 40.9. The quantitative estimate of drug-likeness (QED) is 0.386. The third kappa shape index (κ3) is 5.44. The van der Waals surface area contributed by atoms with Gasteiger partial charge in [0, 0.05) is 37.2 Å². The molecule has 136 valence electrons. The van der Waals surface area contributed by atoms with Gasteiger partial charge in [0.05, 0.1) is 4.90 Å². The topological polar surface area (TPSA) is 61.8 Å². The molecule has 0 spiro atoms. The van der Waals surface area contributed by atoms with Crippen molar-refractivity contribution in [3.63, 3.8) is 0 Å². The van der Waals surface area contributed by atoms with Crippen LogP contribution in [0.1, 0.15) is 11.1 Å². The number of ether oxygens (including phenoxy) is 2. The molecule has 0 saturated carbocycles. The molecule has 0 N–H and O–H groups in total. The highest BCUT2D eigenvalue weighted by Gasteiger charge is 2.25. The van der Waals surface area contributed by atoms with Crippen molar-refractivity contribution in [3.05, 3.63) is 53.6 Å². The third-order valence-corrected chi connectivity index (χ3v) is 4.90. The molecule has 0 saturated heterocycles. The summed E-state index contributed by atoms with van der Waals surface area (Å²) in [4.78, 5) is 0.136. The van der Waals surface area contributed by atoms with E-state index in [9.17, 15) is 8.42 Å². The predicted octanol–water partition coefficient (Wildman–Crippen LogP) is 4.62. The molecule has 2 aromatic carbocycles. The van der Waals surface area contributed by atoms with Gasteiger partial charge in [0.25, 0.3) is 10.1 Å². The van der Waals surface area contributed by atoms with Crippen molar-refractivity contribution in [2.24, 2.45) is 0 Å². The zero-order valence-corrected chi connectivity index (χ0v) is 18.9. The smallest absolute Gasteiger partial charge is 0.297 e. The van der Waals surface area contributed by atoms with Crippen LogP contribution in [0.5, 0.6) is 11.5 Å². The van der Waals surface area contributed by atoms with Gasteiger partial charge in [-0.1, -0.05) is 29.8 Å². The Bertz CT molecular complexity index is 806. The summed E-state index contributed by atoms with van der Waals surface area (Å²) in [6, 6.07) is 12.1. The van der Waals surface area contributed by atoms with E-state index in [2.05, 4.69) is 37.2 Å². The SMILES string of the molecule is Cc1ccc(S(=O)(=O)OCC2COc3cccc(C)c3O2)cc1.II. The van der Waals surface area contributed by atoms with Crippen LogP contribution in [0.2, 0.25) is 0 Å². The van der Waals surface area contributed by atoms with E-state index in [-0.39, 0.29) is 18.1 Å². The highest BCUT2D eigenvalue weighted by molar-refractivity contribution is 15.0. The Hall–Kier alpha value is -0.590. The van der Waals surface area contributed by atoms with E-state index in [1.165, 1.54) is 12.1 Å². The summed E-state index contributed by atoms with van der Waals surface area (Å²) >= 11 is 4.24. The lowest BCUT2D eigenvalue weighted by atomic mass is 10.2. The van der Waals surface area contributed by atoms with Gasteiger partial charge in [0.2, 0.25) is 0 Å². The van der Waals surface area contributed by atoms with Crippen molar-refractivity contribution >= 4 is 47.3 Å². The Morgan fingerprint density at radius 2 is 1.80 bits per heavy atom. The van der Waals surface area contributed by atoms with Crippen LogP contribution in [0, 0.1) is 13.8 Å². The highest BCUT2D eigenvalue weighted by Crippen LogP contribution is 2.34. The number of aryl methyl sites for hydroxylation is 2. The molecule has 1 atom stereocenters. The van der Waals surface area contributed by atoms with Gasteiger partial charge in [-0.25, -0.2) is 0 Å². The first-order valence-electron chi connectivity index (χ1n) is 7.45. The van der Waals surface area contributed by atoms with Gasteiger partial charge >= 0.3 is 0 Å². The van der Waals surface area contributed by atoms with Crippen LogP contribution in [-0.2, 0) is 14.3 Å². The Morgan fingerprint density at radius 1 is 1.12 bits per heavy atom. The molecular weight excluding hydrogens is 570 g/mol. The minimum Gasteiger partial charge on any atom is -0.486 e. The van der Waals surface area contributed by atoms with Gasteiger partial charge in [-0.3, -0.25) is 4.18 Å². The number of fused-ring (bicyclic) bond motifs is 1. The molecule has 2 aromatic rings. The predicted molar refractivity (Wildman–Crippen MR) is 113 cm³/mol. The summed E-state index contributed by atoms with van der Waals surface area (Å²) in [5.74, 6) is 1.31. The van der Waals surface area contributed by atoms with Crippen molar-refractivity contribution in [1.82, 2.24) is 0 Å². The fourth-order valence-electron chi connectivity index (χ4n) is 2.29. The first-order valence-corrected chi connectivity index (χ1v) is 15.1. The minimum absolute atomic E-state index is 0.0933. The highest BCUT2D eigenvalue weighted by atomic mass is 128. The maximum absolute atomic E-state index is 12.2. The molecular formula is C17H18I2O5S.